The van der Waals surface area contributed by atoms with Crippen molar-refractivity contribution < 1.29 is 56.2 Å². The summed E-state index contributed by atoms with van der Waals surface area (Å²) in [6.45, 7) is 60.6. The molecule has 0 bridgehead atoms. The molecule has 0 amide bonds. The maximum absolute atomic E-state index is 12.8. The summed E-state index contributed by atoms with van der Waals surface area (Å²) in [5.41, 5.74) is 5.10. The van der Waals surface area contributed by atoms with Gasteiger partial charge in [-0.25, -0.2) is 26.3 Å². The predicted octanol–water partition coefficient (Wildman–Crippen LogP) is 32.4. The van der Waals surface area contributed by atoms with Gasteiger partial charge in [-0.2, -0.15) is 0 Å². The van der Waals surface area contributed by atoms with E-state index in [0.717, 1.165) is 136 Å². The molecule has 0 aromatic heterocycles. The van der Waals surface area contributed by atoms with E-state index in [0.29, 0.717) is 61.6 Å². The van der Waals surface area contributed by atoms with Crippen LogP contribution in [0.15, 0.2) is 46.1 Å². The first-order valence-corrected chi connectivity index (χ1v) is 46.0. The topological polar surface area (TPSA) is 55.4 Å². The molecule has 3 radical (unpaired) electrons. The lowest BCUT2D eigenvalue weighted by molar-refractivity contribution is -0.187. The van der Waals surface area contributed by atoms with Crippen molar-refractivity contribution in [1.82, 2.24) is 0 Å². The molecule has 0 aromatic rings. The van der Waals surface area contributed by atoms with Gasteiger partial charge >= 0.3 is 0 Å². The molecule has 665 valence electrons. The molecule has 4 saturated heterocycles. The molecule has 4 aliphatic heterocycles. The van der Waals surface area contributed by atoms with Crippen molar-refractivity contribution in [3.63, 3.8) is 0 Å². The van der Waals surface area contributed by atoms with Crippen LogP contribution in [0.1, 0.15) is 407 Å². The van der Waals surface area contributed by atoms with E-state index in [2.05, 4.69) is 137 Å². The zero-order valence-corrected chi connectivity index (χ0v) is 77.4. The van der Waals surface area contributed by atoms with Crippen molar-refractivity contribution in [1.29, 1.82) is 0 Å². The first-order valence-electron chi connectivity index (χ1n) is 46.0. The normalized spacial score (nSPS) is 35.9. The summed E-state index contributed by atoms with van der Waals surface area (Å²) in [5, 5.41) is 0. The third kappa shape index (κ3) is 58.3. The van der Waals surface area contributed by atoms with Crippen LogP contribution in [0.3, 0.4) is 0 Å². The van der Waals surface area contributed by atoms with Crippen molar-refractivity contribution in [3.8, 4) is 0 Å². The van der Waals surface area contributed by atoms with Crippen molar-refractivity contribution >= 4 is 8.41 Å². The monoisotopic (exact) mass is 1600 g/mol. The smallest absolute Gasteiger partial charge is 0.250 e. The predicted molar refractivity (Wildman–Crippen MR) is 475 cm³/mol. The fourth-order valence-electron chi connectivity index (χ4n) is 15.3. The van der Waals surface area contributed by atoms with Crippen LogP contribution in [-0.2, 0) is 28.4 Å². The maximum Gasteiger partial charge on any atom is 0.250 e. The maximum atomic E-state index is 12.8. The molecule has 12 unspecified atom stereocenters. The molecule has 9 aliphatic carbocycles. The summed E-state index contributed by atoms with van der Waals surface area (Å²) in [7, 11) is 0. The lowest BCUT2D eigenvalue weighted by Gasteiger charge is -2.32. The average molecular weight is 1600 g/mol. The SMILES string of the molecule is C.CC1=C(F)CC(C)CC1.CC1=C(F)CC(C)CC1.CC1=CCC(C)CC1.CC1=CCC(C)CC1.CC1CCC(C)C(F)(F)C1.CC1CCC(C)C(F)(F)C1.CC1CCC(C)CC1.CC1CCC(C)CC1.CC1CCC(C)CC1.CC1CCC(C)OC1.CC1CCC(C)OC1.CC1COC(C)OC1.CC1COC(C)OC1.[B].[HH]. The first kappa shape index (κ1) is 112. The van der Waals surface area contributed by atoms with E-state index >= 15 is 0 Å². The van der Waals surface area contributed by atoms with Crippen LogP contribution < -0.4 is 0 Å². The van der Waals surface area contributed by atoms with Crippen LogP contribution >= 0.6 is 0 Å². The van der Waals surface area contributed by atoms with Crippen molar-refractivity contribution in [2.45, 2.75) is 442 Å². The van der Waals surface area contributed by atoms with Crippen LogP contribution in [0.5, 0.6) is 0 Å². The molecule has 6 nitrogen and oxygen atoms in total. The zero-order chi connectivity index (χ0) is 83.1. The number of hydrogen-bond acceptors (Lipinski definition) is 6. The molecule has 4 heterocycles. The molecule has 0 N–H and O–H groups in total. The number of hydrogen-bond donors (Lipinski definition) is 0. The van der Waals surface area contributed by atoms with Gasteiger partial charge in [0.25, 0.3) is 11.8 Å². The molecule has 112 heavy (non-hydrogen) atoms. The molecule has 13 heteroatoms. The van der Waals surface area contributed by atoms with Gasteiger partial charge in [-0.05, 0) is 252 Å². The van der Waals surface area contributed by atoms with Crippen LogP contribution in [0.25, 0.3) is 0 Å². The highest BCUT2D eigenvalue weighted by molar-refractivity contribution is 5.75. The molecule has 0 spiro atoms. The highest BCUT2D eigenvalue weighted by atomic mass is 19.3. The number of halogens is 6. The van der Waals surface area contributed by atoms with E-state index < -0.39 is 23.7 Å². The van der Waals surface area contributed by atoms with Crippen molar-refractivity contribution in [3.05, 3.63) is 46.1 Å². The van der Waals surface area contributed by atoms with Crippen LogP contribution in [-0.4, -0.2) is 84.7 Å². The standard InChI is InChI=1S/2C8H14F2.2C8H13F.3C8H16.2C8H14.2C7H14O.2C6H12O2.CH4.B.H2/c2*1-6-3-4-7(2)8(9,10)5-6;2*1-6-3-4-7(2)8(9)5-6;5*1-7-3-5-8(2)6-4-7;2*1-6-3-4-7(2)8-5-6;2*1-5-3-7-6(2)8-4-5;;;/h2*6-7H,3-5H2,1-2H3;2*6H,3-5H2,1-2H3;3*7-8H,3-6H2,1-2H3;2*3,8H,4-6H2,1-2H3;2*6-7H,3-5H2,1-2H3;2*5-6H,3-4H2,1-2H3;1H4;;1H. The van der Waals surface area contributed by atoms with Gasteiger partial charge < -0.3 is 28.4 Å². The van der Waals surface area contributed by atoms with Gasteiger partial charge in [0.1, 0.15) is 0 Å². The minimum absolute atomic E-state index is 0. The second kappa shape index (κ2) is 63.4. The number of alkyl halides is 4. The first-order chi connectivity index (χ1) is 51.5. The quantitative estimate of drug-likeness (QED) is 0.137. The lowest BCUT2D eigenvalue weighted by Crippen LogP contribution is -2.32. The van der Waals surface area contributed by atoms with Gasteiger partial charge in [0, 0.05) is 72.4 Å². The summed E-state index contributed by atoms with van der Waals surface area (Å²) in [6, 6.07) is 0. The summed E-state index contributed by atoms with van der Waals surface area (Å²) in [6.07, 6.45) is 45.9. The van der Waals surface area contributed by atoms with Gasteiger partial charge in [-0.15, -0.1) is 0 Å². The lowest BCUT2D eigenvalue weighted by atomic mass is 9.81. The summed E-state index contributed by atoms with van der Waals surface area (Å²) in [4.78, 5) is 0. The van der Waals surface area contributed by atoms with E-state index in [4.69, 9.17) is 28.4 Å². The van der Waals surface area contributed by atoms with Gasteiger partial charge in [0.15, 0.2) is 12.6 Å². The fraction of sp³-hybridized carbons (Fsp3) is 0.919. The van der Waals surface area contributed by atoms with E-state index in [1.165, 1.54) is 154 Å². The molecule has 13 rings (SSSR count). The molecular weight excluding hydrogens is 1410 g/mol. The van der Waals surface area contributed by atoms with E-state index in [1.54, 1.807) is 25.0 Å². The summed E-state index contributed by atoms with van der Waals surface area (Å²) < 4.78 is 108. The fourth-order valence-corrected chi connectivity index (χ4v) is 15.3. The Balaban J connectivity index is -0.00000116. The molecule has 9 fully saturated rings. The average Bonchev–Trinajstić information content (AvgIpc) is 0.846. The van der Waals surface area contributed by atoms with Gasteiger partial charge in [0.05, 0.1) is 50.3 Å². The van der Waals surface area contributed by atoms with E-state index in [-0.39, 0.29) is 66.2 Å². The minimum atomic E-state index is -2.39. The Morgan fingerprint density at radius 2 is 0.509 bits per heavy atom. The van der Waals surface area contributed by atoms with E-state index in [1.807, 2.05) is 41.5 Å². The van der Waals surface area contributed by atoms with Gasteiger partial charge in [-0.1, -0.05) is 245 Å². The summed E-state index contributed by atoms with van der Waals surface area (Å²) >= 11 is 0. The zero-order valence-electron chi connectivity index (χ0n) is 77.4. The second-order valence-corrected chi connectivity index (χ2v) is 39.5. The highest BCUT2D eigenvalue weighted by Crippen LogP contribution is 2.42. The summed E-state index contributed by atoms with van der Waals surface area (Å²) in [5.74, 6) is 6.99. The molecular formula is C99H188BF6O6. The largest absolute Gasteiger partial charge is 0.378 e. The van der Waals surface area contributed by atoms with Gasteiger partial charge in [0.2, 0.25) is 0 Å². The molecule has 0 aromatic carbocycles. The number of allylic oxidation sites excluding steroid dienone is 8. The van der Waals surface area contributed by atoms with Crippen LogP contribution in [0.4, 0.5) is 26.3 Å². The molecule has 13 aliphatic rings. The Morgan fingerprint density at radius 1 is 0.277 bits per heavy atom. The van der Waals surface area contributed by atoms with Crippen molar-refractivity contribution in [2.24, 2.45) is 107 Å². The Labute approximate surface area is 695 Å². The van der Waals surface area contributed by atoms with E-state index in [9.17, 15) is 26.3 Å². The minimum Gasteiger partial charge on any atom is -0.378 e. The van der Waals surface area contributed by atoms with Crippen LogP contribution in [0.2, 0.25) is 0 Å². The third-order valence-electron chi connectivity index (χ3n) is 25.5. The van der Waals surface area contributed by atoms with Gasteiger partial charge in [-0.3, -0.25) is 0 Å². The second-order valence-electron chi connectivity index (χ2n) is 39.5. The Hall–Kier alpha value is -1.64. The van der Waals surface area contributed by atoms with Crippen molar-refractivity contribution in [2.75, 3.05) is 39.6 Å². The number of ether oxygens (including phenoxy) is 6. The Kier molecular flexibility index (Phi) is 63.6. The highest BCUT2D eigenvalue weighted by Gasteiger charge is 2.42. The number of rotatable bonds is 0. The molecule has 12 atom stereocenters. The Bertz CT molecular complexity index is 2010. The third-order valence-corrected chi connectivity index (χ3v) is 25.5. The van der Waals surface area contributed by atoms with Crippen LogP contribution in [0, 0.1) is 107 Å². The molecule has 5 saturated carbocycles. The Morgan fingerprint density at radius 3 is 0.679 bits per heavy atom.